The Morgan fingerprint density at radius 1 is 0.676 bits per heavy atom. The first kappa shape index (κ1) is 25.1. The van der Waals surface area contributed by atoms with E-state index in [9.17, 15) is 9.59 Å². The summed E-state index contributed by atoms with van der Waals surface area (Å²) in [6.07, 6.45) is 9.83. The predicted molar refractivity (Wildman–Crippen MR) is 133 cm³/mol. The van der Waals surface area contributed by atoms with Gasteiger partial charge in [0.15, 0.2) is 34.6 Å². The second-order valence-corrected chi connectivity index (χ2v) is 8.26. The molecule has 0 radical (unpaired) electrons. The van der Waals surface area contributed by atoms with Gasteiger partial charge in [-0.3, -0.25) is 9.59 Å². The van der Waals surface area contributed by atoms with E-state index in [1.165, 1.54) is 0 Å². The quantitative estimate of drug-likeness (QED) is 0.439. The van der Waals surface area contributed by atoms with E-state index in [1.54, 1.807) is 52.7 Å². The monoisotopic (exact) mass is 464 g/mol. The summed E-state index contributed by atoms with van der Waals surface area (Å²) in [5.74, 6) is 2.32. The van der Waals surface area contributed by atoms with E-state index in [4.69, 9.17) is 18.9 Å². The topological polar surface area (TPSA) is 71.1 Å². The van der Waals surface area contributed by atoms with Crippen LogP contribution in [0.25, 0.3) is 12.2 Å². The zero-order chi connectivity index (χ0) is 24.5. The lowest BCUT2D eigenvalue weighted by atomic mass is 9.77. The fourth-order valence-corrected chi connectivity index (χ4v) is 4.25. The van der Waals surface area contributed by atoms with E-state index in [-0.39, 0.29) is 23.4 Å². The van der Waals surface area contributed by atoms with E-state index in [0.717, 1.165) is 30.4 Å². The van der Waals surface area contributed by atoms with Crippen molar-refractivity contribution < 1.29 is 28.5 Å². The molecular formula is C28H32O6. The van der Waals surface area contributed by atoms with E-state index in [1.807, 2.05) is 36.4 Å². The van der Waals surface area contributed by atoms with Crippen molar-refractivity contribution in [2.24, 2.45) is 11.8 Å². The van der Waals surface area contributed by atoms with Crippen molar-refractivity contribution in [1.29, 1.82) is 0 Å². The van der Waals surface area contributed by atoms with Crippen molar-refractivity contribution in [1.82, 2.24) is 0 Å². The maximum atomic E-state index is 12.8. The van der Waals surface area contributed by atoms with Crippen LogP contribution in [0.2, 0.25) is 0 Å². The first-order valence-corrected chi connectivity index (χ1v) is 11.4. The smallest absolute Gasteiger partial charge is 0.161 e. The Hall–Kier alpha value is -3.54. The Bertz CT molecular complexity index is 985. The molecule has 0 unspecified atom stereocenters. The summed E-state index contributed by atoms with van der Waals surface area (Å²) in [5.41, 5.74) is 1.71. The minimum atomic E-state index is -0.145. The molecule has 0 saturated heterocycles. The molecule has 0 aliphatic heterocycles. The molecule has 3 rings (SSSR count). The SMILES string of the molecule is COc1ccc(/C=C/C(=O)[C@@H]2CCC[C@H](C(=O)/C=C/c3ccc(OC)c(OC)c3)C2)cc1OC. The second-order valence-electron chi connectivity index (χ2n) is 8.26. The normalized spacial score (nSPS) is 18.1. The fraction of sp³-hybridized carbons (Fsp3) is 0.357. The lowest BCUT2D eigenvalue weighted by Crippen LogP contribution is -2.25. The number of benzene rings is 2. The van der Waals surface area contributed by atoms with Gasteiger partial charge >= 0.3 is 0 Å². The molecule has 34 heavy (non-hydrogen) atoms. The lowest BCUT2D eigenvalue weighted by Gasteiger charge is -2.25. The van der Waals surface area contributed by atoms with Crippen molar-refractivity contribution in [3.05, 3.63) is 59.7 Å². The summed E-state index contributed by atoms with van der Waals surface area (Å²) >= 11 is 0. The fourth-order valence-electron chi connectivity index (χ4n) is 4.25. The minimum absolute atomic E-state index is 0.0520. The standard InChI is InChI=1S/C28H32O6/c1-31-25-14-10-19(16-27(25)33-3)8-12-23(29)21-6-5-7-22(18-21)24(30)13-9-20-11-15-26(32-2)28(17-20)34-4/h8-17,21-22H,5-7,18H2,1-4H3/b12-8+,13-9+/t21-,22+. The van der Waals surface area contributed by atoms with E-state index in [0.29, 0.717) is 29.4 Å². The van der Waals surface area contributed by atoms with Crippen LogP contribution in [-0.2, 0) is 9.59 Å². The average molecular weight is 465 g/mol. The van der Waals surface area contributed by atoms with Crippen LogP contribution < -0.4 is 18.9 Å². The summed E-state index contributed by atoms with van der Waals surface area (Å²) in [6.45, 7) is 0. The zero-order valence-electron chi connectivity index (χ0n) is 20.2. The minimum Gasteiger partial charge on any atom is -0.493 e. The van der Waals surface area contributed by atoms with E-state index in [2.05, 4.69) is 0 Å². The van der Waals surface area contributed by atoms with Crippen LogP contribution >= 0.6 is 0 Å². The molecule has 6 nitrogen and oxygen atoms in total. The number of methoxy groups -OCH3 is 4. The molecular weight excluding hydrogens is 432 g/mol. The second kappa shape index (κ2) is 12.1. The highest BCUT2D eigenvalue weighted by molar-refractivity contribution is 5.98. The zero-order valence-corrected chi connectivity index (χ0v) is 20.2. The van der Waals surface area contributed by atoms with Gasteiger partial charge in [0.2, 0.25) is 0 Å². The van der Waals surface area contributed by atoms with Gasteiger partial charge in [-0.1, -0.05) is 30.7 Å². The maximum Gasteiger partial charge on any atom is 0.161 e. The van der Waals surface area contributed by atoms with Crippen LogP contribution in [0.1, 0.15) is 36.8 Å². The van der Waals surface area contributed by atoms with Gasteiger partial charge in [-0.15, -0.1) is 0 Å². The van der Waals surface area contributed by atoms with Crippen LogP contribution in [0.5, 0.6) is 23.0 Å². The third-order valence-corrected chi connectivity index (χ3v) is 6.17. The summed E-state index contributed by atoms with van der Waals surface area (Å²) in [5, 5.41) is 0. The van der Waals surface area contributed by atoms with Crippen molar-refractivity contribution >= 4 is 23.7 Å². The Morgan fingerprint density at radius 2 is 1.09 bits per heavy atom. The molecule has 1 fully saturated rings. The molecule has 0 bridgehead atoms. The third kappa shape index (κ3) is 6.28. The van der Waals surface area contributed by atoms with Gasteiger partial charge in [0.05, 0.1) is 28.4 Å². The van der Waals surface area contributed by atoms with Gasteiger partial charge in [-0.05, 0) is 66.8 Å². The average Bonchev–Trinajstić information content (AvgIpc) is 2.89. The van der Waals surface area contributed by atoms with E-state index >= 15 is 0 Å². The maximum absolute atomic E-state index is 12.8. The summed E-state index contributed by atoms with van der Waals surface area (Å²) in [4.78, 5) is 25.7. The molecule has 1 aliphatic carbocycles. The number of rotatable bonds is 10. The van der Waals surface area contributed by atoms with Gasteiger partial charge < -0.3 is 18.9 Å². The first-order chi connectivity index (χ1) is 16.5. The van der Waals surface area contributed by atoms with Crippen molar-refractivity contribution in [3.8, 4) is 23.0 Å². The Morgan fingerprint density at radius 3 is 1.47 bits per heavy atom. The molecule has 180 valence electrons. The van der Waals surface area contributed by atoms with Gasteiger partial charge in [0.25, 0.3) is 0 Å². The Balaban J connectivity index is 1.62. The first-order valence-electron chi connectivity index (χ1n) is 11.4. The largest absolute Gasteiger partial charge is 0.493 e. The molecule has 0 spiro atoms. The number of hydrogen-bond acceptors (Lipinski definition) is 6. The van der Waals surface area contributed by atoms with Crippen LogP contribution in [0.15, 0.2) is 48.6 Å². The number of ether oxygens (including phenoxy) is 4. The van der Waals surface area contributed by atoms with Crippen LogP contribution in [-0.4, -0.2) is 40.0 Å². The summed E-state index contributed by atoms with van der Waals surface area (Å²) < 4.78 is 21.1. The number of allylic oxidation sites excluding steroid dienone is 2. The van der Waals surface area contributed by atoms with E-state index < -0.39 is 0 Å². The number of carbonyl (C=O) groups is 2. The number of ketones is 2. The predicted octanol–water partition coefficient (Wildman–Crippen LogP) is 5.39. The molecule has 2 atom stereocenters. The van der Waals surface area contributed by atoms with Crippen LogP contribution in [0.4, 0.5) is 0 Å². The molecule has 2 aromatic rings. The van der Waals surface area contributed by atoms with Crippen molar-refractivity contribution in [2.75, 3.05) is 28.4 Å². The van der Waals surface area contributed by atoms with Gasteiger partial charge in [0.1, 0.15) is 0 Å². The molecule has 0 amide bonds. The molecule has 1 aliphatic rings. The van der Waals surface area contributed by atoms with Gasteiger partial charge in [0, 0.05) is 11.8 Å². The molecule has 0 aromatic heterocycles. The molecule has 0 heterocycles. The highest BCUT2D eigenvalue weighted by atomic mass is 16.5. The molecule has 1 saturated carbocycles. The van der Waals surface area contributed by atoms with Crippen LogP contribution in [0.3, 0.4) is 0 Å². The number of carbonyl (C=O) groups excluding carboxylic acids is 2. The summed E-state index contributed by atoms with van der Waals surface area (Å²) in [7, 11) is 6.33. The molecule has 6 heteroatoms. The summed E-state index contributed by atoms with van der Waals surface area (Å²) in [6, 6.07) is 11.0. The third-order valence-electron chi connectivity index (χ3n) is 6.17. The van der Waals surface area contributed by atoms with Gasteiger partial charge in [-0.2, -0.15) is 0 Å². The molecule has 0 N–H and O–H groups in total. The number of hydrogen-bond donors (Lipinski definition) is 0. The van der Waals surface area contributed by atoms with Gasteiger partial charge in [-0.25, -0.2) is 0 Å². The Kier molecular flexibility index (Phi) is 8.91. The Labute approximate surface area is 201 Å². The van der Waals surface area contributed by atoms with Crippen molar-refractivity contribution in [3.63, 3.8) is 0 Å². The lowest BCUT2D eigenvalue weighted by molar-refractivity contribution is -0.122. The van der Waals surface area contributed by atoms with Crippen LogP contribution in [0, 0.1) is 11.8 Å². The highest BCUT2D eigenvalue weighted by Crippen LogP contribution is 2.32. The molecule has 2 aromatic carbocycles. The highest BCUT2D eigenvalue weighted by Gasteiger charge is 2.29. The van der Waals surface area contributed by atoms with Crippen molar-refractivity contribution in [2.45, 2.75) is 25.7 Å².